The lowest BCUT2D eigenvalue weighted by Gasteiger charge is -2.13. The van der Waals surface area contributed by atoms with E-state index in [0.29, 0.717) is 0 Å². The number of hydrogen-bond donors (Lipinski definition) is 1. The third-order valence-electron chi connectivity index (χ3n) is 2.65. The fraction of sp³-hybridized carbons (Fsp3) is 0.357. The van der Waals surface area contributed by atoms with Gasteiger partial charge in [-0.3, -0.25) is 4.98 Å². The van der Waals surface area contributed by atoms with E-state index < -0.39 is 0 Å². The molecule has 0 fully saturated rings. The molecule has 0 saturated heterocycles. The lowest BCUT2D eigenvalue weighted by atomic mass is 10.1. The van der Waals surface area contributed by atoms with Crippen molar-refractivity contribution in [1.29, 1.82) is 0 Å². The van der Waals surface area contributed by atoms with Crippen LogP contribution in [0.15, 0.2) is 35.2 Å². The molecule has 0 radical (unpaired) electrons. The molecule has 1 atom stereocenters. The summed E-state index contributed by atoms with van der Waals surface area (Å²) in [5.41, 5.74) is 8.09. The van der Waals surface area contributed by atoms with E-state index in [-0.39, 0.29) is 12.1 Å². The molecule has 2 heterocycles. The van der Waals surface area contributed by atoms with E-state index in [1.165, 1.54) is 0 Å². The highest BCUT2D eigenvalue weighted by Crippen LogP contribution is 2.25. The summed E-state index contributed by atoms with van der Waals surface area (Å²) in [6, 6.07) is 3.49. The van der Waals surface area contributed by atoms with Crippen LogP contribution >= 0.6 is 0 Å². The number of ether oxygens (including phenoxy) is 1. The van der Waals surface area contributed by atoms with Gasteiger partial charge in [0.2, 0.25) is 0 Å². The molecule has 2 rings (SSSR count). The van der Waals surface area contributed by atoms with Crippen LogP contribution in [-0.2, 0) is 0 Å². The van der Waals surface area contributed by atoms with Crippen LogP contribution in [0, 0.1) is 6.92 Å². The minimum atomic E-state index is -0.316. The number of hydrogen-bond acceptors (Lipinski definition) is 4. The van der Waals surface area contributed by atoms with Gasteiger partial charge in [-0.15, -0.1) is 0 Å². The maximum atomic E-state index is 6.17. The van der Waals surface area contributed by atoms with E-state index >= 15 is 0 Å². The minimum absolute atomic E-state index is 0.114. The van der Waals surface area contributed by atoms with Crippen LogP contribution in [0.25, 0.3) is 0 Å². The molecule has 0 saturated carbocycles. The van der Waals surface area contributed by atoms with Gasteiger partial charge in [0, 0.05) is 6.20 Å². The molecule has 0 aliphatic heterocycles. The average Bonchev–Trinajstić information content (AvgIpc) is 2.74. The molecule has 0 aromatic carbocycles. The van der Waals surface area contributed by atoms with Gasteiger partial charge in [0.25, 0.3) is 0 Å². The first-order chi connectivity index (χ1) is 8.58. The summed E-state index contributed by atoms with van der Waals surface area (Å²) in [5, 5.41) is 0. The first-order valence-electron chi connectivity index (χ1n) is 5.99. The highest BCUT2D eigenvalue weighted by molar-refractivity contribution is 5.32. The van der Waals surface area contributed by atoms with E-state index in [9.17, 15) is 0 Å². The second-order valence-corrected chi connectivity index (χ2v) is 4.57. The SMILES string of the molecule is Cc1ccoc1C(N)c1cncc(OC(C)C)c1. The number of aromatic nitrogens is 1. The Balaban J connectivity index is 2.25. The number of furan rings is 1. The molecule has 0 spiro atoms. The van der Waals surface area contributed by atoms with Crippen molar-refractivity contribution in [3.05, 3.63) is 47.7 Å². The van der Waals surface area contributed by atoms with E-state index in [1.807, 2.05) is 32.9 Å². The van der Waals surface area contributed by atoms with Crippen molar-refractivity contribution in [3.63, 3.8) is 0 Å². The summed E-state index contributed by atoms with van der Waals surface area (Å²) in [4.78, 5) is 4.15. The molecule has 2 N–H and O–H groups in total. The zero-order valence-corrected chi connectivity index (χ0v) is 10.9. The first kappa shape index (κ1) is 12.6. The molecule has 0 amide bonds. The smallest absolute Gasteiger partial charge is 0.138 e. The molecule has 0 aliphatic carbocycles. The fourth-order valence-corrected chi connectivity index (χ4v) is 1.80. The van der Waals surface area contributed by atoms with E-state index in [2.05, 4.69) is 4.98 Å². The molecule has 4 heteroatoms. The van der Waals surface area contributed by atoms with Crippen molar-refractivity contribution < 1.29 is 9.15 Å². The van der Waals surface area contributed by atoms with Crippen molar-refractivity contribution in [3.8, 4) is 5.75 Å². The van der Waals surface area contributed by atoms with Crippen LogP contribution in [0.3, 0.4) is 0 Å². The van der Waals surface area contributed by atoms with Gasteiger partial charge in [0.15, 0.2) is 0 Å². The van der Waals surface area contributed by atoms with E-state index in [1.54, 1.807) is 18.7 Å². The van der Waals surface area contributed by atoms with Crippen molar-refractivity contribution >= 4 is 0 Å². The van der Waals surface area contributed by atoms with Crippen molar-refractivity contribution in [2.75, 3.05) is 0 Å². The Morgan fingerprint density at radius 2 is 2.11 bits per heavy atom. The second kappa shape index (κ2) is 5.23. The molecule has 4 nitrogen and oxygen atoms in total. The van der Waals surface area contributed by atoms with E-state index in [4.69, 9.17) is 14.9 Å². The number of rotatable bonds is 4. The Hall–Kier alpha value is -1.81. The lowest BCUT2D eigenvalue weighted by molar-refractivity contribution is 0.241. The lowest BCUT2D eigenvalue weighted by Crippen LogP contribution is -2.13. The standard InChI is InChI=1S/C14H18N2O2/c1-9(2)18-12-6-11(7-16-8-12)13(15)14-10(3)4-5-17-14/h4-9,13H,15H2,1-3H3. The molecule has 0 bridgehead atoms. The molecule has 2 aromatic rings. The molecule has 18 heavy (non-hydrogen) atoms. The van der Waals surface area contributed by atoms with Gasteiger partial charge in [0.05, 0.1) is 24.6 Å². The number of pyridine rings is 1. The Morgan fingerprint density at radius 1 is 1.33 bits per heavy atom. The molecular weight excluding hydrogens is 228 g/mol. The van der Waals surface area contributed by atoms with Crippen LogP contribution in [-0.4, -0.2) is 11.1 Å². The number of nitrogens with two attached hydrogens (primary N) is 1. The number of aryl methyl sites for hydroxylation is 1. The van der Waals surface area contributed by atoms with Crippen LogP contribution in [0.4, 0.5) is 0 Å². The molecule has 0 aliphatic rings. The fourth-order valence-electron chi connectivity index (χ4n) is 1.80. The summed E-state index contributed by atoms with van der Waals surface area (Å²) < 4.78 is 11.0. The topological polar surface area (TPSA) is 61.3 Å². The van der Waals surface area contributed by atoms with Crippen LogP contribution < -0.4 is 10.5 Å². The Kier molecular flexibility index (Phi) is 3.67. The van der Waals surface area contributed by atoms with Gasteiger partial charge in [0.1, 0.15) is 11.5 Å². The maximum absolute atomic E-state index is 6.17. The highest BCUT2D eigenvalue weighted by atomic mass is 16.5. The third-order valence-corrected chi connectivity index (χ3v) is 2.65. The zero-order chi connectivity index (χ0) is 13.1. The Labute approximate surface area is 107 Å². The van der Waals surface area contributed by atoms with Crippen molar-refractivity contribution in [2.24, 2.45) is 5.73 Å². The van der Waals surface area contributed by atoms with Gasteiger partial charge in [-0.1, -0.05) is 0 Å². The normalized spacial score (nSPS) is 12.7. The van der Waals surface area contributed by atoms with Gasteiger partial charge in [-0.25, -0.2) is 0 Å². The van der Waals surface area contributed by atoms with Crippen LogP contribution in [0.1, 0.15) is 36.8 Å². The second-order valence-electron chi connectivity index (χ2n) is 4.57. The molecular formula is C14H18N2O2. The van der Waals surface area contributed by atoms with Gasteiger partial charge in [-0.05, 0) is 44.0 Å². The largest absolute Gasteiger partial charge is 0.489 e. The van der Waals surface area contributed by atoms with Gasteiger partial charge >= 0.3 is 0 Å². The van der Waals surface area contributed by atoms with Crippen molar-refractivity contribution in [1.82, 2.24) is 4.98 Å². The maximum Gasteiger partial charge on any atom is 0.138 e. The average molecular weight is 246 g/mol. The zero-order valence-electron chi connectivity index (χ0n) is 10.9. The summed E-state index contributed by atoms with van der Waals surface area (Å²) in [5.74, 6) is 1.49. The third kappa shape index (κ3) is 2.71. The predicted molar refractivity (Wildman–Crippen MR) is 69.5 cm³/mol. The van der Waals surface area contributed by atoms with Crippen LogP contribution in [0.5, 0.6) is 5.75 Å². The number of nitrogens with zero attached hydrogens (tertiary/aromatic N) is 1. The molecule has 96 valence electrons. The molecule has 1 unspecified atom stereocenters. The summed E-state index contributed by atoms with van der Waals surface area (Å²) >= 11 is 0. The van der Waals surface area contributed by atoms with Gasteiger partial charge < -0.3 is 14.9 Å². The van der Waals surface area contributed by atoms with Gasteiger partial charge in [-0.2, -0.15) is 0 Å². The quantitative estimate of drug-likeness (QED) is 0.901. The van der Waals surface area contributed by atoms with Crippen molar-refractivity contribution in [2.45, 2.75) is 32.9 Å². The van der Waals surface area contributed by atoms with Crippen LogP contribution in [0.2, 0.25) is 0 Å². The first-order valence-corrected chi connectivity index (χ1v) is 5.99. The monoisotopic (exact) mass is 246 g/mol. The Morgan fingerprint density at radius 3 is 2.72 bits per heavy atom. The minimum Gasteiger partial charge on any atom is -0.489 e. The highest BCUT2D eigenvalue weighted by Gasteiger charge is 2.15. The Bertz CT molecular complexity index is 520. The predicted octanol–water partition coefficient (Wildman–Crippen LogP) is 2.82. The summed E-state index contributed by atoms with van der Waals surface area (Å²) in [6.45, 7) is 5.92. The molecule has 2 aromatic heterocycles. The van der Waals surface area contributed by atoms with E-state index in [0.717, 1.165) is 22.6 Å². The summed E-state index contributed by atoms with van der Waals surface area (Å²) in [6.07, 6.45) is 5.18. The summed E-state index contributed by atoms with van der Waals surface area (Å²) in [7, 11) is 0.